The Labute approximate surface area is 180 Å². The Hall–Kier alpha value is -2.67. The Kier molecular flexibility index (Phi) is 6.18. The standard InChI is InChI=1S/C24H25NO4S/c1-15-11-13-30-23(15)22(27)21(26)10-12-25-24(28)29-14-20-18-8-4-2-6-16(18)17-7-3-5-9-19(17)20/h2-9,11,13,20-22,26-27H,10,12,14H2,1H3,(H,25,28). The second-order valence-corrected chi connectivity index (χ2v) is 8.47. The molecule has 1 aliphatic rings. The zero-order chi connectivity index (χ0) is 21.1. The van der Waals surface area contributed by atoms with Gasteiger partial charge in [-0.05, 0) is 52.6 Å². The van der Waals surface area contributed by atoms with Gasteiger partial charge in [0, 0.05) is 17.3 Å². The van der Waals surface area contributed by atoms with Crippen molar-refractivity contribution in [3.05, 3.63) is 81.5 Å². The molecule has 0 saturated carbocycles. The third-order valence-corrected chi connectivity index (χ3v) is 6.68. The molecule has 1 amide bonds. The largest absolute Gasteiger partial charge is 0.449 e. The highest BCUT2D eigenvalue weighted by Crippen LogP contribution is 2.44. The van der Waals surface area contributed by atoms with E-state index in [1.165, 1.54) is 22.5 Å². The number of carbonyl (C=O) groups is 1. The van der Waals surface area contributed by atoms with E-state index in [2.05, 4.69) is 29.6 Å². The smallest absolute Gasteiger partial charge is 0.407 e. The highest BCUT2D eigenvalue weighted by Gasteiger charge is 2.29. The first-order valence-electron chi connectivity index (χ1n) is 10.0. The number of thiophene rings is 1. The molecule has 6 heteroatoms. The van der Waals surface area contributed by atoms with Crippen LogP contribution in [-0.2, 0) is 4.74 Å². The van der Waals surface area contributed by atoms with Gasteiger partial charge in [-0.2, -0.15) is 0 Å². The van der Waals surface area contributed by atoms with Gasteiger partial charge in [-0.1, -0.05) is 48.5 Å². The predicted octanol–water partition coefficient (Wildman–Crippen LogP) is 4.38. The van der Waals surface area contributed by atoms with Crippen LogP contribution in [0.3, 0.4) is 0 Å². The van der Waals surface area contributed by atoms with E-state index in [4.69, 9.17) is 4.74 Å². The average molecular weight is 424 g/mol. The molecule has 0 radical (unpaired) electrons. The minimum absolute atomic E-state index is 0.0115. The van der Waals surface area contributed by atoms with Gasteiger partial charge in [0.2, 0.25) is 0 Å². The topological polar surface area (TPSA) is 78.8 Å². The van der Waals surface area contributed by atoms with E-state index in [0.717, 1.165) is 21.6 Å². The number of rotatable bonds is 7. The number of aryl methyl sites for hydroxylation is 1. The number of nitrogens with one attached hydrogen (secondary N) is 1. The van der Waals surface area contributed by atoms with Crippen molar-refractivity contribution >= 4 is 17.4 Å². The molecule has 0 aliphatic heterocycles. The number of hydrogen-bond donors (Lipinski definition) is 3. The Morgan fingerprint density at radius 1 is 1.07 bits per heavy atom. The van der Waals surface area contributed by atoms with E-state index >= 15 is 0 Å². The summed E-state index contributed by atoms with van der Waals surface area (Å²) in [7, 11) is 0. The van der Waals surface area contributed by atoms with Crippen molar-refractivity contribution in [2.75, 3.05) is 13.2 Å². The molecule has 3 aromatic rings. The van der Waals surface area contributed by atoms with Crippen LogP contribution >= 0.6 is 11.3 Å². The van der Waals surface area contributed by atoms with E-state index in [1.807, 2.05) is 42.6 Å². The number of hydrogen-bond acceptors (Lipinski definition) is 5. The maximum atomic E-state index is 12.2. The zero-order valence-corrected chi connectivity index (χ0v) is 17.6. The van der Waals surface area contributed by atoms with Crippen LogP contribution in [0.4, 0.5) is 4.79 Å². The summed E-state index contributed by atoms with van der Waals surface area (Å²) < 4.78 is 5.48. The molecule has 156 valence electrons. The molecule has 0 spiro atoms. The Balaban J connectivity index is 1.29. The molecule has 1 aromatic heterocycles. The maximum Gasteiger partial charge on any atom is 0.407 e. The van der Waals surface area contributed by atoms with Crippen molar-refractivity contribution in [3.63, 3.8) is 0 Å². The van der Waals surface area contributed by atoms with Crippen LogP contribution in [0.15, 0.2) is 60.0 Å². The summed E-state index contributed by atoms with van der Waals surface area (Å²) in [6, 6.07) is 18.3. The lowest BCUT2D eigenvalue weighted by Gasteiger charge is -2.18. The van der Waals surface area contributed by atoms with E-state index < -0.39 is 18.3 Å². The van der Waals surface area contributed by atoms with Gasteiger partial charge in [0.15, 0.2) is 0 Å². The summed E-state index contributed by atoms with van der Waals surface area (Å²) in [6.07, 6.45) is -2.18. The second-order valence-electron chi connectivity index (χ2n) is 7.52. The van der Waals surface area contributed by atoms with E-state index in [-0.39, 0.29) is 25.5 Å². The highest BCUT2D eigenvalue weighted by atomic mass is 32.1. The predicted molar refractivity (Wildman–Crippen MR) is 118 cm³/mol. The number of fused-ring (bicyclic) bond motifs is 3. The number of ether oxygens (including phenoxy) is 1. The van der Waals surface area contributed by atoms with E-state index in [9.17, 15) is 15.0 Å². The fourth-order valence-electron chi connectivity index (χ4n) is 3.99. The van der Waals surface area contributed by atoms with Crippen LogP contribution in [0.25, 0.3) is 11.1 Å². The molecule has 2 atom stereocenters. The summed E-state index contributed by atoms with van der Waals surface area (Å²) in [6.45, 7) is 2.37. The Morgan fingerprint density at radius 3 is 2.30 bits per heavy atom. The molecule has 4 rings (SSSR count). The normalized spacial score (nSPS) is 14.6. The number of benzene rings is 2. The molecule has 5 nitrogen and oxygen atoms in total. The SMILES string of the molecule is Cc1ccsc1C(O)C(O)CCNC(=O)OCC1c2ccccc2-c2ccccc21. The van der Waals surface area contributed by atoms with Crippen LogP contribution in [0.1, 0.15) is 40.0 Å². The highest BCUT2D eigenvalue weighted by molar-refractivity contribution is 7.10. The summed E-state index contributed by atoms with van der Waals surface area (Å²) in [5, 5.41) is 25.0. The zero-order valence-electron chi connectivity index (χ0n) is 16.7. The minimum atomic E-state index is -0.950. The number of alkyl carbamates (subject to hydrolysis) is 1. The maximum absolute atomic E-state index is 12.2. The van der Waals surface area contributed by atoms with Crippen LogP contribution in [-0.4, -0.2) is 35.6 Å². The summed E-state index contributed by atoms with van der Waals surface area (Å²) in [5.74, 6) is 0.0115. The molecule has 3 N–H and O–H groups in total. The Bertz CT molecular complexity index is 986. The van der Waals surface area contributed by atoms with E-state index in [0.29, 0.717) is 0 Å². The van der Waals surface area contributed by atoms with Gasteiger partial charge in [-0.15, -0.1) is 11.3 Å². The fourth-order valence-corrected chi connectivity index (χ4v) is 4.96. The third-order valence-electron chi connectivity index (χ3n) is 5.59. The number of carbonyl (C=O) groups excluding carboxylic acids is 1. The molecule has 1 aliphatic carbocycles. The van der Waals surface area contributed by atoms with Gasteiger partial charge in [0.25, 0.3) is 0 Å². The average Bonchev–Trinajstić information content (AvgIpc) is 3.33. The number of amides is 1. The van der Waals surface area contributed by atoms with Crippen LogP contribution in [0.2, 0.25) is 0 Å². The Morgan fingerprint density at radius 2 is 1.70 bits per heavy atom. The second kappa shape index (κ2) is 9.00. The number of aliphatic hydroxyl groups is 2. The van der Waals surface area contributed by atoms with Gasteiger partial charge < -0.3 is 20.3 Å². The van der Waals surface area contributed by atoms with Crippen molar-refractivity contribution in [1.82, 2.24) is 5.32 Å². The minimum Gasteiger partial charge on any atom is -0.449 e. The van der Waals surface area contributed by atoms with Gasteiger partial charge in [-0.3, -0.25) is 0 Å². The van der Waals surface area contributed by atoms with Crippen molar-refractivity contribution in [2.45, 2.75) is 31.5 Å². The number of aliphatic hydroxyl groups excluding tert-OH is 2. The van der Waals surface area contributed by atoms with Gasteiger partial charge >= 0.3 is 6.09 Å². The first kappa shape index (κ1) is 20.6. The van der Waals surface area contributed by atoms with Gasteiger partial charge in [0.05, 0.1) is 6.10 Å². The lowest BCUT2D eigenvalue weighted by atomic mass is 9.98. The molecule has 2 aromatic carbocycles. The summed E-state index contributed by atoms with van der Waals surface area (Å²) in [4.78, 5) is 12.9. The van der Waals surface area contributed by atoms with Crippen LogP contribution in [0, 0.1) is 6.92 Å². The molecule has 30 heavy (non-hydrogen) atoms. The first-order valence-corrected chi connectivity index (χ1v) is 10.9. The lowest BCUT2D eigenvalue weighted by Crippen LogP contribution is -2.30. The molecule has 0 saturated heterocycles. The summed E-state index contributed by atoms with van der Waals surface area (Å²) >= 11 is 1.41. The van der Waals surface area contributed by atoms with E-state index in [1.54, 1.807) is 0 Å². The first-order chi connectivity index (χ1) is 14.6. The quantitative estimate of drug-likeness (QED) is 0.527. The van der Waals surface area contributed by atoms with Crippen molar-refractivity contribution in [3.8, 4) is 11.1 Å². The van der Waals surface area contributed by atoms with Crippen LogP contribution < -0.4 is 5.32 Å². The van der Waals surface area contributed by atoms with Crippen molar-refractivity contribution in [2.24, 2.45) is 0 Å². The molecular formula is C24H25NO4S. The summed E-state index contributed by atoms with van der Waals surface area (Å²) in [5.41, 5.74) is 5.65. The van der Waals surface area contributed by atoms with Crippen molar-refractivity contribution in [1.29, 1.82) is 0 Å². The lowest BCUT2D eigenvalue weighted by molar-refractivity contribution is 0.0154. The molecule has 2 unspecified atom stereocenters. The van der Waals surface area contributed by atoms with Crippen LogP contribution in [0.5, 0.6) is 0 Å². The molecule has 0 bridgehead atoms. The molecule has 0 fully saturated rings. The third kappa shape index (κ3) is 4.12. The molecule has 1 heterocycles. The monoisotopic (exact) mass is 423 g/mol. The van der Waals surface area contributed by atoms with Gasteiger partial charge in [0.1, 0.15) is 12.7 Å². The molecular weight excluding hydrogens is 398 g/mol. The van der Waals surface area contributed by atoms with Gasteiger partial charge in [-0.25, -0.2) is 4.79 Å². The van der Waals surface area contributed by atoms with Crippen molar-refractivity contribution < 1.29 is 19.7 Å². The fraction of sp³-hybridized carbons (Fsp3) is 0.292.